The lowest BCUT2D eigenvalue weighted by atomic mass is 10.0. The number of sulfonamides is 1. The first-order valence-electron chi connectivity index (χ1n) is 9.54. The van der Waals surface area contributed by atoms with Crippen LogP contribution >= 0.6 is 0 Å². The van der Waals surface area contributed by atoms with Crippen LogP contribution in [0, 0.1) is 11.6 Å². The number of rotatable bonds is 5. The fourth-order valence-electron chi connectivity index (χ4n) is 3.48. The van der Waals surface area contributed by atoms with Crippen LogP contribution in [0.4, 0.5) is 8.78 Å². The van der Waals surface area contributed by atoms with Crippen LogP contribution in [0.3, 0.4) is 0 Å². The first-order valence-corrected chi connectivity index (χ1v) is 11.2. The van der Waals surface area contributed by atoms with Crippen LogP contribution in [-0.2, 0) is 10.0 Å². The number of hydrogen-bond acceptors (Lipinski definition) is 3. The molecule has 0 saturated carbocycles. The lowest BCUT2D eigenvalue weighted by Crippen LogP contribution is -2.39. The summed E-state index contributed by atoms with van der Waals surface area (Å²) in [6.45, 7) is 2.98. The normalized spacial score (nSPS) is 17.0. The Hall–Kier alpha value is -2.32. The number of carbonyl (C=O) groups excluding carboxylic acids is 1. The van der Waals surface area contributed by atoms with E-state index in [9.17, 15) is 22.0 Å². The molecule has 1 fully saturated rings. The van der Waals surface area contributed by atoms with Gasteiger partial charge in [-0.05, 0) is 54.3 Å². The number of hydrogen-bond donors (Lipinski definition) is 0. The van der Waals surface area contributed by atoms with E-state index in [1.807, 2.05) is 0 Å². The smallest absolute Gasteiger partial charge is 0.253 e. The van der Waals surface area contributed by atoms with Crippen molar-refractivity contribution in [3.05, 3.63) is 71.3 Å². The van der Waals surface area contributed by atoms with Crippen LogP contribution in [0.15, 0.2) is 48.5 Å². The molecular weight excluding hydrogens is 398 g/mol. The molecule has 8 heteroatoms. The fraction of sp³-hybridized carbons (Fsp3) is 0.381. The predicted octanol–water partition coefficient (Wildman–Crippen LogP) is 3.25. The molecule has 1 unspecified atom stereocenters. The highest BCUT2D eigenvalue weighted by Crippen LogP contribution is 2.21. The van der Waals surface area contributed by atoms with Gasteiger partial charge >= 0.3 is 0 Å². The minimum atomic E-state index is -3.56. The van der Waals surface area contributed by atoms with Crippen LogP contribution in [-0.4, -0.2) is 55.5 Å². The summed E-state index contributed by atoms with van der Waals surface area (Å²) in [5.74, 6) is -1.52. The van der Waals surface area contributed by atoms with Crippen molar-refractivity contribution in [2.75, 3.05) is 31.9 Å². The monoisotopic (exact) mass is 422 g/mol. The molecule has 1 aliphatic heterocycles. The second-order valence-electron chi connectivity index (χ2n) is 7.29. The molecule has 1 heterocycles. The molecule has 0 N–H and O–H groups in total. The summed E-state index contributed by atoms with van der Waals surface area (Å²) in [5, 5.41) is 0. The van der Waals surface area contributed by atoms with Gasteiger partial charge in [-0.3, -0.25) is 4.79 Å². The molecule has 0 spiro atoms. The molecule has 0 radical (unpaired) electrons. The van der Waals surface area contributed by atoms with Gasteiger partial charge in [0.25, 0.3) is 5.91 Å². The van der Waals surface area contributed by atoms with Gasteiger partial charge in [0, 0.05) is 31.7 Å². The van der Waals surface area contributed by atoms with Crippen LogP contribution in [0.1, 0.15) is 35.2 Å². The van der Waals surface area contributed by atoms with Gasteiger partial charge in [0.05, 0.1) is 5.75 Å². The molecule has 156 valence electrons. The summed E-state index contributed by atoms with van der Waals surface area (Å²) in [6, 6.07) is 11.3. The Morgan fingerprint density at radius 3 is 2.41 bits per heavy atom. The van der Waals surface area contributed by atoms with Gasteiger partial charge in [-0.2, -0.15) is 0 Å². The van der Waals surface area contributed by atoms with Crippen molar-refractivity contribution in [3.8, 4) is 0 Å². The van der Waals surface area contributed by atoms with Gasteiger partial charge in [-0.1, -0.05) is 19.1 Å². The maximum absolute atomic E-state index is 13.4. The molecule has 2 aromatic carbocycles. The molecule has 1 atom stereocenters. The van der Waals surface area contributed by atoms with Crippen molar-refractivity contribution in [1.29, 1.82) is 0 Å². The molecule has 2 aromatic rings. The standard InChI is InChI=1S/C21H24F2N2O3S/c1-16(18-4-2-5-20(23)14-18)15-29(27,28)25-11-3-10-24(12-13-25)21(26)17-6-8-19(22)9-7-17/h2,4-9,14,16H,3,10-13,15H2,1H3. The molecule has 0 aliphatic carbocycles. The fourth-order valence-corrected chi connectivity index (χ4v) is 5.28. The van der Waals surface area contributed by atoms with Gasteiger partial charge in [-0.15, -0.1) is 0 Å². The topological polar surface area (TPSA) is 57.7 Å². The molecule has 29 heavy (non-hydrogen) atoms. The minimum absolute atomic E-state index is 0.123. The van der Waals surface area contributed by atoms with Crippen LogP contribution in [0.5, 0.6) is 0 Å². The average Bonchev–Trinajstić information content (AvgIpc) is 2.94. The van der Waals surface area contributed by atoms with Gasteiger partial charge in [0.1, 0.15) is 11.6 Å². The Labute approximate surface area is 170 Å². The number of nitrogens with zero attached hydrogens (tertiary/aromatic N) is 2. The van der Waals surface area contributed by atoms with Crippen molar-refractivity contribution < 1.29 is 22.0 Å². The summed E-state index contributed by atoms with van der Waals surface area (Å²) in [6.07, 6.45) is 0.514. The Bertz CT molecular complexity index is 964. The summed E-state index contributed by atoms with van der Waals surface area (Å²) in [7, 11) is -3.56. The highest BCUT2D eigenvalue weighted by atomic mass is 32.2. The summed E-state index contributed by atoms with van der Waals surface area (Å²) in [5.41, 5.74) is 1.01. The molecule has 0 bridgehead atoms. The number of carbonyl (C=O) groups is 1. The number of amides is 1. The third kappa shape index (κ3) is 5.39. The Kier molecular flexibility index (Phi) is 6.64. The van der Waals surface area contributed by atoms with Crippen molar-refractivity contribution in [1.82, 2.24) is 9.21 Å². The lowest BCUT2D eigenvalue weighted by Gasteiger charge is -2.23. The van der Waals surface area contributed by atoms with E-state index in [4.69, 9.17) is 0 Å². The number of benzene rings is 2. The lowest BCUT2D eigenvalue weighted by molar-refractivity contribution is 0.0764. The quantitative estimate of drug-likeness (QED) is 0.743. The van der Waals surface area contributed by atoms with Crippen molar-refractivity contribution >= 4 is 15.9 Å². The molecule has 1 amide bonds. The van der Waals surface area contributed by atoms with Crippen LogP contribution in [0.25, 0.3) is 0 Å². The largest absolute Gasteiger partial charge is 0.337 e. The van der Waals surface area contributed by atoms with Crippen molar-refractivity contribution in [2.45, 2.75) is 19.3 Å². The minimum Gasteiger partial charge on any atom is -0.337 e. The summed E-state index contributed by atoms with van der Waals surface area (Å²) >= 11 is 0. The van der Waals surface area contributed by atoms with Gasteiger partial charge < -0.3 is 4.90 Å². The SMILES string of the molecule is CC(CS(=O)(=O)N1CCCN(C(=O)c2ccc(F)cc2)CC1)c1cccc(F)c1. The molecule has 1 aliphatic rings. The van der Waals surface area contributed by atoms with E-state index in [0.29, 0.717) is 30.6 Å². The van der Waals surface area contributed by atoms with Gasteiger partial charge in [0.15, 0.2) is 0 Å². The van der Waals surface area contributed by atoms with Gasteiger partial charge in [-0.25, -0.2) is 21.5 Å². The number of halogens is 2. The maximum Gasteiger partial charge on any atom is 0.253 e. The van der Waals surface area contributed by atoms with E-state index in [2.05, 4.69) is 0 Å². The Morgan fingerprint density at radius 1 is 1.00 bits per heavy atom. The second-order valence-corrected chi connectivity index (χ2v) is 9.30. The van der Waals surface area contributed by atoms with E-state index >= 15 is 0 Å². The summed E-state index contributed by atoms with van der Waals surface area (Å²) < 4.78 is 53.7. The third-order valence-corrected chi connectivity index (χ3v) is 7.18. The first kappa shape index (κ1) is 21.4. The second kappa shape index (κ2) is 9.00. The third-order valence-electron chi connectivity index (χ3n) is 5.10. The Balaban J connectivity index is 1.64. The molecular formula is C21H24F2N2O3S. The van der Waals surface area contributed by atoms with Crippen molar-refractivity contribution in [3.63, 3.8) is 0 Å². The van der Waals surface area contributed by atoms with E-state index < -0.39 is 21.7 Å². The van der Waals surface area contributed by atoms with E-state index in [0.717, 1.165) is 0 Å². The van der Waals surface area contributed by atoms with Crippen LogP contribution in [0.2, 0.25) is 0 Å². The summed E-state index contributed by atoms with van der Waals surface area (Å²) in [4.78, 5) is 14.2. The van der Waals surface area contributed by atoms with Gasteiger partial charge in [0.2, 0.25) is 10.0 Å². The zero-order chi connectivity index (χ0) is 21.0. The zero-order valence-corrected chi connectivity index (χ0v) is 17.0. The predicted molar refractivity (Wildman–Crippen MR) is 107 cm³/mol. The zero-order valence-electron chi connectivity index (χ0n) is 16.2. The van der Waals surface area contributed by atoms with Crippen molar-refractivity contribution in [2.24, 2.45) is 0 Å². The van der Waals surface area contributed by atoms with Crippen LogP contribution < -0.4 is 0 Å². The highest BCUT2D eigenvalue weighted by molar-refractivity contribution is 7.89. The molecule has 1 saturated heterocycles. The maximum atomic E-state index is 13.4. The van der Waals surface area contributed by atoms with E-state index in [1.54, 1.807) is 24.0 Å². The average molecular weight is 422 g/mol. The Morgan fingerprint density at radius 2 is 1.72 bits per heavy atom. The first-order chi connectivity index (χ1) is 13.8. The van der Waals surface area contributed by atoms with E-state index in [1.165, 1.54) is 40.7 Å². The molecule has 3 rings (SSSR count). The molecule has 5 nitrogen and oxygen atoms in total. The highest BCUT2D eigenvalue weighted by Gasteiger charge is 2.29. The van der Waals surface area contributed by atoms with E-state index in [-0.39, 0.29) is 30.7 Å². The molecule has 0 aromatic heterocycles.